The van der Waals surface area contributed by atoms with E-state index in [0.29, 0.717) is 28.7 Å². The van der Waals surface area contributed by atoms with Gasteiger partial charge in [-0.1, -0.05) is 53.8 Å². The minimum Gasteiger partial charge on any atom is -0.479 e. The number of fused-ring (bicyclic) bond motifs is 1. The van der Waals surface area contributed by atoms with Gasteiger partial charge in [-0.3, -0.25) is 10.1 Å². The molecule has 1 amide bonds. The number of carbonyl (C=O) groups is 1. The Morgan fingerprint density at radius 1 is 1.07 bits per heavy atom. The number of hydrogen-bond acceptors (Lipinski definition) is 6. The van der Waals surface area contributed by atoms with Crippen molar-refractivity contribution in [1.29, 1.82) is 0 Å². The predicted octanol–water partition coefficient (Wildman–Crippen LogP) is 4.77. The summed E-state index contributed by atoms with van der Waals surface area (Å²) in [6, 6.07) is 17.2. The minimum atomic E-state index is -0.221. The second kappa shape index (κ2) is 8.38. The fourth-order valence-corrected chi connectivity index (χ4v) is 3.99. The average molecular weight is 405 g/mol. The third-order valence-electron chi connectivity index (χ3n) is 4.41. The van der Waals surface area contributed by atoms with Crippen LogP contribution in [0.4, 0.5) is 5.13 Å². The van der Waals surface area contributed by atoms with E-state index in [-0.39, 0.29) is 5.91 Å². The maximum Gasteiger partial charge on any atom is 0.257 e. The van der Waals surface area contributed by atoms with Crippen LogP contribution in [0, 0.1) is 0 Å². The van der Waals surface area contributed by atoms with Gasteiger partial charge in [0.15, 0.2) is 5.13 Å². The number of amides is 1. The van der Waals surface area contributed by atoms with Crippen LogP contribution < -0.4 is 10.1 Å². The highest BCUT2D eigenvalue weighted by Gasteiger charge is 2.17. The Bertz CT molecular complexity index is 1140. The van der Waals surface area contributed by atoms with Gasteiger partial charge < -0.3 is 9.47 Å². The molecule has 0 unspecified atom stereocenters. The summed E-state index contributed by atoms with van der Waals surface area (Å²) in [5.74, 6) is 0.210. The number of ether oxygens (including phenoxy) is 2. The number of pyridine rings is 1. The summed E-state index contributed by atoms with van der Waals surface area (Å²) in [6.07, 6.45) is 1.77. The zero-order chi connectivity index (χ0) is 20.2. The highest BCUT2D eigenvalue weighted by molar-refractivity contribution is 7.23. The van der Waals surface area contributed by atoms with Crippen molar-refractivity contribution in [1.82, 2.24) is 9.97 Å². The van der Waals surface area contributed by atoms with Crippen molar-refractivity contribution in [3.8, 4) is 17.0 Å². The van der Waals surface area contributed by atoms with Gasteiger partial charge in [0.1, 0.15) is 5.52 Å². The molecule has 2 aromatic carbocycles. The molecule has 146 valence electrons. The number of aromatic nitrogens is 2. The first kappa shape index (κ1) is 19.0. The van der Waals surface area contributed by atoms with Gasteiger partial charge in [0.05, 0.1) is 18.4 Å². The van der Waals surface area contributed by atoms with Crippen molar-refractivity contribution in [3.63, 3.8) is 0 Å². The SMILES string of the molecule is COCc1ccc(C(=O)Nc2nc3c(OC)ncc(-c4ccccc4)c3s2)cc1. The van der Waals surface area contributed by atoms with Crippen LogP contribution in [-0.4, -0.2) is 30.1 Å². The Labute approximate surface area is 172 Å². The topological polar surface area (TPSA) is 73.3 Å². The number of nitrogens with one attached hydrogen (secondary N) is 1. The fraction of sp³-hybridized carbons (Fsp3) is 0.136. The van der Waals surface area contributed by atoms with Crippen LogP contribution in [0.25, 0.3) is 21.3 Å². The number of thiazole rings is 1. The van der Waals surface area contributed by atoms with Crippen LogP contribution in [0.1, 0.15) is 15.9 Å². The van der Waals surface area contributed by atoms with Gasteiger partial charge in [0.25, 0.3) is 5.91 Å². The van der Waals surface area contributed by atoms with E-state index in [1.165, 1.54) is 11.3 Å². The molecule has 4 aromatic rings. The summed E-state index contributed by atoms with van der Waals surface area (Å²) in [5.41, 5.74) is 4.17. The maximum atomic E-state index is 12.6. The van der Waals surface area contributed by atoms with Crippen LogP contribution in [0.15, 0.2) is 60.8 Å². The molecule has 0 bridgehead atoms. The Kier molecular flexibility index (Phi) is 5.50. The standard InChI is InChI=1S/C22H19N3O3S/c1-27-13-14-8-10-16(11-9-14)20(26)25-22-24-18-19(29-22)17(12-23-21(18)28-2)15-6-4-3-5-7-15/h3-12H,13H2,1-2H3,(H,24,25,26). The van der Waals surface area contributed by atoms with Gasteiger partial charge in [0, 0.05) is 24.4 Å². The summed E-state index contributed by atoms with van der Waals surface area (Å²) in [5, 5.41) is 3.38. The molecule has 0 aliphatic heterocycles. The molecule has 4 rings (SSSR count). The molecule has 2 aromatic heterocycles. The van der Waals surface area contributed by atoms with Crippen molar-refractivity contribution in [2.45, 2.75) is 6.61 Å². The van der Waals surface area contributed by atoms with Crippen molar-refractivity contribution in [2.75, 3.05) is 19.5 Å². The predicted molar refractivity (Wildman–Crippen MR) is 115 cm³/mol. The zero-order valence-corrected chi connectivity index (χ0v) is 16.8. The Morgan fingerprint density at radius 3 is 2.52 bits per heavy atom. The number of methoxy groups -OCH3 is 2. The first-order valence-electron chi connectivity index (χ1n) is 8.97. The monoisotopic (exact) mass is 405 g/mol. The molecule has 0 fully saturated rings. The normalized spacial score (nSPS) is 10.8. The highest BCUT2D eigenvalue weighted by Crippen LogP contribution is 2.38. The largest absolute Gasteiger partial charge is 0.479 e. The number of benzene rings is 2. The number of carbonyl (C=O) groups excluding carboxylic acids is 1. The summed E-state index contributed by atoms with van der Waals surface area (Å²) in [7, 11) is 3.20. The molecule has 0 radical (unpaired) electrons. The van der Waals surface area contributed by atoms with Gasteiger partial charge in [-0.05, 0) is 23.3 Å². The van der Waals surface area contributed by atoms with Crippen molar-refractivity contribution in [2.24, 2.45) is 0 Å². The van der Waals surface area contributed by atoms with Crippen molar-refractivity contribution in [3.05, 3.63) is 71.9 Å². The molecule has 0 aliphatic rings. The average Bonchev–Trinajstić information content (AvgIpc) is 3.18. The van der Waals surface area contributed by atoms with Crippen LogP contribution in [0.3, 0.4) is 0 Å². The minimum absolute atomic E-state index is 0.221. The van der Waals surface area contributed by atoms with Gasteiger partial charge in [-0.15, -0.1) is 0 Å². The molecule has 0 spiro atoms. The quantitative estimate of drug-likeness (QED) is 0.500. The number of hydrogen-bond donors (Lipinski definition) is 1. The summed E-state index contributed by atoms with van der Waals surface area (Å²) < 4.78 is 11.4. The summed E-state index contributed by atoms with van der Waals surface area (Å²) in [4.78, 5) is 21.6. The van der Waals surface area contributed by atoms with Crippen molar-refractivity contribution < 1.29 is 14.3 Å². The van der Waals surface area contributed by atoms with Gasteiger partial charge in [-0.25, -0.2) is 9.97 Å². The van der Waals surface area contributed by atoms with E-state index >= 15 is 0 Å². The third kappa shape index (κ3) is 3.96. The lowest BCUT2D eigenvalue weighted by atomic mass is 10.1. The lowest BCUT2D eigenvalue weighted by molar-refractivity contribution is 0.102. The van der Waals surface area contributed by atoms with Crippen LogP contribution in [0.5, 0.6) is 5.88 Å². The third-order valence-corrected chi connectivity index (χ3v) is 5.42. The second-order valence-corrected chi connectivity index (χ2v) is 7.33. The van der Waals surface area contributed by atoms with Crippen LogP contribution in [-0.2, 0) is 11.3 Å². The molecule has 7 heteroatoms. The van der Waals surface area contributed by atoms with Crippen LogP contribution in [0.2, 0.25) is 0 Å². The first-order valence-corrected chi connectivity index (χ1v) is 9.79. The van der Waals surface area contributed by atoms with E-state index in [1.54, 1.807) is 32.5 Å². The zero-order valence-electron chi connectivity index (χ0n) is 16.0. The summed E-state index contributed by atoms with van der Waals surface area (Å²) in [6.45, 7) is 0.509. The molecule has 6 nitrogen and oxygen atoms in total. The second-order valence-electron chi connectivity index (χ2n) is 6.33. The van der Waals surface area contributed by atoms with Gasteiger partial charge >= 0.3 is 0 Å². The van der Waals surface area contributed by atoms with E-state index in [0.717, 1.165) is 21.4 Å². The van der Waals surface area contributed by atoms with E-state index in [2.05, 4.69) is 15.3 Å². The highest BCUT2D eigenvalue weighted by atomic mass is 32.1. The molecule has 0 aliphatic carbocycles. The smallest absolute Gasteiger partial charge is 0.257 e. The molecule has 0 saturated heterocycles. The number of anilines is 1. The fourth-order valence-electron chi connectivity index (χ4n) is 3.01. The van der Waals surface area contributed by atoms with E-state index in [9.17, 15) is 4.79 Å². The Morgan fingerprint density at radius 2 is 1.83 bits per heavy atom. The molecular formula is C22H19N3O3S. The molecule has 2 heterocycles. The van der Waals surface area contributed by atoms with E-state index in [4.69, 9.17) is 9.47 Å². The van der Waals surface area contributed by atoms with Gasteiger partial charge in [0.2, 0.25) is 5.88 Å². The maximum absolute atomic E-state index is 12.6. The Balaban J connectivity index is 1.67. The molecule has 0 saturated carbocycles. The van der Waals surface area contributed by atoms with E-state index in [1.807, 2.05) is 42.5 Å². The molecular weight excluding hydrogens is 386 g/mol. The molecule has 1 N–H and O–H groups in total. The van der Waals surface area contributed by atoms with E-state index < -0.39 is 0 Å². The lowest BCUT2D eigenvalue weighted by Gasteiger charge is -2.04. The van der Waals surface area contributed by atoms with Crippen LogP contribution >= 0.6 is 11.3 Å². The van der Waals surface area contributed by atoms with Crippen molar-refractivity contribution >= 4 is 32.6 Å². The number of rotatable bonds is 6. The number of nitrogens with zero attached hydrogens (tertiary/aromatic N) is 2. The van der Waals surface area contributed by atoms with Gasteiger partial charge in [-0.2, -0.15) is 0 Å². The summed E-state index contributed by atoms with van der Waals surface area (Å²) >= 11 is 1.40. The first-order chi connectivity index (χ1) is 14.2. The molecule has 29 heavy (non-hydrogen) atoms. The Hall–Kier alpha value is -3.29. The molecule has 0 atom stereocenters. The lowest BCUT2D eigenvalue weighted by Crippen LogP contribution is -2.11.